The fourth-order valence-electron chi connectivity index (χ4n) is 3.66. The first-order valence-electron chi connectivity index (χ1n) is 9.47. The van der Waals surface area contributed by atoms with Crippen molar-refractivity contribution in [3.63, 3.8) is 0 Å². The number of hydrogen-bond donors (Lipinski definition) is 0. The molecule has 0 fully saturated rings. The Bertz CT molecular complexity index is 1360. The molecule has 142 valence electrons. The maximum atomic E-state index is 6.32. The van der Waals surface area contributed by atoms with Crippen LogP contribution in [0.1, 0.15) is 12.5 Å². The summed E-state index contributed by atoms with van der Waals surface area (Å²) in [4.78, 5) is 4.71. The summed E-state index contributed by atoms with van der Waals surface area (Å²) in [6.07, 6.45) is 2.87. The van der Waals surface area contributed by atoms with Crippen molar-refractivity contribution in [2.24, 2.45) is 0 Å². The first-order chi connectivity index (χ1) is 14.2. The predicted octanol–water partition coefficient (Wildman–Crippen LogP) is 7.11. The highest BCUT2D eigenvalue weighted by molar-refractivity contribution is 6.42. The lowest BCUT2D eigenvalue weighted by Crippen LogP contribution is -1.98. The number of nitrogens with zero attached hydrogens (tertiary/aromatic N) is 3. The SMILES string of the molecule is CCc1ccc2ncc3c(-c4ccccc4)nn(-c4ccc(Cl)c(Cl)c4)c3c2c1. The molecule has 5 heteroatoms. The van der Waals surface area contributed by atoms with E-state index in [1.165, 1.54) is 5.56 Å². The Morgan fingerprint density at radius 2 is 1.69 bits per heavy atom. The second kappa shape index (κ2) is 7.18. The number of hydrogen-bond acceptors (Lipinski definition) is 2. The van der Waals surface area contributed by atoms with Crippen molar-refractivity contribution >= 4 is 45.0 Å². The average Bonchev–Trinajstić information content (AvgIpc) is 3.16. The van der Waals surface area contributed by atoms with E-state index < -0.39 is 0 Å². The summed E-state index contributed by atoms with van der Waals surface area (Å²) >= 11 is 12.5. The van der Waals surface area contributed by atoms with Crippen LogP contribution in [0.15, 0.2) is 72.9 Å². The van der Waals surface area contributed by atoms with Gasteiger partial charge in [-0.1, -0.05) is 66.5 Å². The van der Waals surface area contributed by atoms with Gasteiger partial charge in [0.05, 0.1) is 26.8 Å². The molecule has 0 aliphatic heterocycles. The van der Waals surface area contributed by atoms with E-state index in [9.17, 15) is 0 Å². The zero-order chi connectivity index (χ0) is 20.0. The predicted molar refractivity (Wildman–Crippen MR) is 121 cm³/mol. The quantitative estimate of drug-likeness (QED) is 0.313. The highest BCUT2D eigenvalue weighted by Gasteiger charge is 2.17. The monoisotopic (exact) mass is 417 g/mol. The van der Waals surface area contributed by atoms with Crippen molar-refractivity contribution in [2.45, 2.75) is 13.3 Å². The van der Waals surface area contributed by atoms with E-state index >= 15 is 0 Å². The Morgan fingerprint density at radius 1 is 0.862 bits per heavy atom. The zero-order valence-corrected chi connectivity index (χ0v) is 17.2. The third kappa shape index (κ3) is 3.07. The number of benzene rings is 3. The number of halogens is 2. The molecule has 0 saturated carbocycles. The fraction of sp³-hybridized carbons (Fsp3) is 0.0833. The summed E-state index contributed by atoms with van der Waals surface area (Å²) < 4.78 is 1.95. The third-order valence-corrected chi connectivity index (χ3v) is 5.91. The van der Waals surface area contributed by atoms with Gasteiger partial charge in [-0.05, 0) is 42.3 Å². The third-order valence-electron chi connectivity index (χ3n) is 5.17. The second-order valence-electron chi connectivity index (χ2n) is 6.95. The van der Waals surface area contributed by atoms with E-state index in [1.807, 2.05) is 41.2 Å². The van der Waals surface area contributed by atoms with Gasteiger partial charge in [-0.15, -0.1) is 0 Å². The molecule has 0 aliphatic rings. The van der Waals surface area contributed by atoms with Crippen molar-refractivity contribution < 1.29 is 0 Å². The van der Waals surface area contributed by atoms with Gasteiger partial charge in [-0.25, -0.2) is 4.68 Å². The van der Waals surface area contributed by atoms with Crippen LogP contribution in [0.2, 0.25) is 10.0 Å². The first kappa shape index (κ1) is 18.2. The maximum Gasteiger partial charge on any atom is 0.102 e. The Balaban J connectivity index is 1.91. The molecule has 0 unspecified atom stereocenters. The topological polar surface area (TPSA) is 30.7 Å². The van der Waals surface area contributed by atoms with Gasteiger partial charge in [0, 0.05) is 22.5 Å². The lowest BCUT2D eigenvalue weighted by molar-refractivity contribution is 0.917. The molecule has 3 aromatic carbocycles. The molecule has 0 aliphatic carbocycles. The molecule has 5 rings (SSSR count). The summed E-state index contributed by atoms with van der Waals surface area (Å²) in [5, 5.41) is 8.08. The molecular formula is C24H17Cl2N3. The van der Waals surface area contributed by atoms with Gasteiger partial charge in [0.2, 0.25) is 0 Å². The summed E-state index contributed by atoms with van der Waals surface area (Å²) in [6, 6.07) is 22.1. The van der Waals surface area contributed by atoms with Gasteiger partial charge < -0.3 is 0 Å². The lowest BCUT2D eigenvalue weighted by atomic mass is 10.0. The number of fused-ring (bicyclic) bond motifs is 3. The molecule has 0 N–H and O–H groups in total. The number of rotatable bonds is 3. The number of pyridine rings is 1. The van der Waals surface area contributed by atoms with Gasteiger partial charge in [0.25, 0.3) is 0 Å². The van der Waals surface area contributed by atoms with E-state index in [0.29, 0.717) is 10.0 Å². The van der Waals surface area contributed by atoms with Crippen LogP contribution in [0.4, 0.5) is 0 Å². The minimum Gasteiger partial charge on any atom is -0.255 e. The molecule has 0 radical (unpaired) electrons. The van der Waals surface area contributed by atoms with Crippen LogP contribution < -0.4 is 0 Å². The van der Waals surface area contributed by atoms with Crippen molar-refractivity contribution in [1.29, 1.82) is 0 Å². The molecular weight excluding hydrogens is 401 g/mol. The van der Waals surface area contributed by atoms with Gasteiger partial charge in [0.1, 0.15) is 5.69 Å². The van der Waals surface area contributed by atoms with Crippen molar-refractivity contribution in [3.8, 4) is 16.9 Å². The van der Waals surface area contributed by atoms with E-state index in [-0.39, 0.29) is 0 Å². The van der Waals surface area contributed by atoms with Gasteiger partial charge in [-0.2, -0.15) is 5.10 Å². The Kier molecular flexibility index (Phi) is 4.50. The number of aryl methyl sites for hydroxylation is 1. The smallest absolute Gasteiger partial charge is 0.102 e. The van der Waals surface area contributed by atoms with Gasteiger partial charge >= 0.3 is 0 Å². The van der Waals surface area contributed by atoms with Crippen LogP contribution in [0.25, 0.3) is 38.8 Å². The summed E-state index contributed by atoms with van der Waals surface area (Å²) in [5.74, 6) is 0. The van der Waals surface area contributed by atoms with Gasteiger partial charge in [-0.3, -0.25) is 4.98 Å². The second-order valence-corrected chi connectivity index (χ2v) is 7.76. The van der Waals surface area contributed by atoms with Crippen LogP contribution in [0, 0.1) is 0 Å². The van der Waals surface area contributed by atoms with Gasteiger partial charge in [0.15, 0.2) is 0 Å². The zero-order valence-electron chi connectivity index (χ0n) is 15.7. The lowest BCUT2D eigenvalue weighted by Gasteiger charge is -2.08. The molecule has 5 aromatic rings. The minimum atomic E-state index is 0.502. The molecule has 0 saturated heterocycles. The first-order valence-corrected chi connectivity index (χ1v) is 10.2. The molecule has 0 bridgehead atoms. The summed E-state index contributed by atoms with van der Waals surface area (Å²) in [5.41, 5.74) is 6.01. The molecule has 2 heterocycles. The normalized spacial score (nSPS) is 11.4. The maximum absolute atomic E-state index is 6.32. The van der Waals surface area contributed by atoms with Crippen LogP contribution in [0.3, 0.4) is 0 Å². The van der Waals surface area contributed by atoms with Crippen LogP contribution in [-0.2, 0) is 6.42 Å². The van der Waals surface area contributed by atoms with Crippen molar-refractivity contribution in [2.75, 3.05) is 0 Å². The molecule has 3 nitrogen and oxygen atoms in total. The Labute approximate surface area is 178 Å². The Hall–Kier alpha value is -2.88. The van der Waals surface area contributed by atoms with Crippen molar-refractivity contribution in [3.05, 3.63) is 88.5 Å². The molecule has 2 aromatic heterocycles. The van der Waals surface area contributed by atoms with Crippen LogP contribution >= 0.6 is 23.2 Å². The van der Waals surface area contributed by atoms with E-state index in [2.05, 4.69) is 37.3 Å². The minimum absolute atomic E-state index is 0.502. The van der Waals surface area contributed by atoms with Crippen LogP contribution in [-0.4, -0.2) is 14.8 Å². The van der Waals surface area contributed by atoms with Crippen molar-refractivity contribution in [1.82, 2.24) is 14.8 Å². The highest BCUT2D eigenvalue weighted by atomic mass is 35.5. The molecule has 29 heavy (non-hydrogen) atoms. The average molecular weight is 418 g/mol. The summed E-state index contributed by atoms with van der Waals surface area (Å²) in [6.45, 7) is 2.15. The Morgan fingerprint density at radius 3 is 2.45 bits per heavy atom. The van der Waals surface area contributed by atoms with E-state index in [0.717, 1.165) is 45.2 Å². The van der Waals surface area contributed by atoms with E-state index in [4.69, 9.17) is 33.3 Å². The van der Waals surface area contributed by atoms with Crippen LogP contribution in [0.5, 0.6) is 0 Å². The largest absolute Gasteiger partial charge is 0.255 e. The highest BCUT2D eigenvalue weighted by Crippen LogP contribution is 2.35. The molecule has 0 atom stereocenters. The molecule has 0 spiro atoms. The molecule has 0 amide bonds. The van der Waals surface area contributed by atoms with E-state index in [1.54, 1.807) is 6.07 Å². The standard InChI is InChI=1S/C24H17Cl2N3/c1-2-15-8-11-22-18(12-15)24-19(14-27-22)23(16-6-4-3-5-7-16)28-29(24)17-9-10-20(25)21(26)13-17/h3-14H,2H2,1H3. The number of aromatic nitrogens is 3. The fourth-order valence-corrected chi connectivity index (χ4v) is 3.96. The summed E-state index contributed by atoms with van der Waals surface area (Å²) in [7, 11) is 0.